The molecule has 0 saturated carbocycles. The van der Waals surface area contributed by atoms with Crippen molar-refractivity contribution < 1.29 is 4.79 Å². The molecule has 0 aliphatic heterocycles. The maximum Gasteiger partial charge on any atom is 0.237 e. The first-order chi connectivity index (χ1) is 8.29. The summed E-state index contributed by atoms with van der Waals surface area (Å²) in [7, 11) is 0. The number of carbonyl (C=O) groups excluding carboxylic acids is 1. The molecule has 0 heterocycles. The molecular weight excluding hydrogens is 312 g/mol. The molecule has 1 aromatic carbocycles. The second kappa shape index (κ2) is 5.80. The van der Waals surface area contributed by atoms with Crippen molar-refractivity contribution in [3.8, 4) is 0 Å². The number of benzene rings is 1. The summed E-state index contributed by atoms with van der Waals surface area (Å²) in [6, 6.07) is 5.72. The van der Waals surface area contributed by atoms with Gasteiger partial charge in [-0.05, 0) is 44.0 Å². The van der Waals surface area contributed by atoms with Crippen LogP contribution in [0, 0.1) is 12.3 Å². The number of anilines is 1. The first-order valence-electron chi connectivity index (χ1n) is 5.68. The molecule has 18 heavy (non-hydrogen) atoms. The van der Waals surface area contributed by atoms with Gasteiger partial charge in [0.1, 0.15) is 0 Å². The van der Waals surface area contributed by atoms with Crippen LogP contribution in [0.1, 0.15) is 25.8 Å². The van der Waals surface area contributed by atoms with Crippen molar-refractivity contribution in [1.29, 1.82) is 0 Å². The van der Waals surface area contributed by atoms with E-state index in [4.69, 9.17) is 18.0 Å². The standard InChI is InChI=1S/C13H17BrN2OS/c1-4-13(3,11(15)18)12(17)16-10-6-8(2)5-9(14)7-10/h5-7H,4H2,1-3H3,(H2,15,18)(H,16,17). The predicted molar refractivity (Wildman–Crippen MR) is 82.7 cm³/mol. The topological polar surface area (TPSA) is 55.1 Å². The van der Waals surface area contributed by atoms with Crippen molar-refractivity contribution in [2.24, 2.45) is 11.1 Å². The van der Waals surface area contributed by atoms with E-state index in [1.54, 1.807) is 6.92 Å². The van der Waals surface area contributed by atoms with Gasteiger partial charge in [-0.25, -0.2) is 0 Å². The lowest BCUT2D eigenvalue weighted by molar-refractivity contribution is -0.121. The molecule has 3 nitrogen and oxygen atoms in total. The summed E-state index contributed by atoms with van der Waals surface area (Å²) in [4.78, 5) is 12.5. The Hall–Kier alpha value is -0.940. The highest BCUT2D eigenvalue weighted by molar-refractivity contribution is 9.10. The van der Waals surface area contributed by atoms with Crippen LogP contribution in [-0.2, 0) is 4.79 Å². The van der Waals surface area contributed by atoms with Crippen LogP contribution in [-0.4, -0.2) is 10.9 Å². The largest absolute Gasteiger partial charge is 0.392 e. The van der Waals surface area contributed by atoms with Crippen molar-refractivity contribution in [3.05, 3.63) is 28.2 Å². The van der Waals surface area contributed by atoms with Gasteiger partial charge in [-0.2, -0.15) is 0 Å². The second-order valence-electron chi connectivity index (χ2n) is 4.52. The molecule has 3 N–H and O–H groups in total. The predicted octanol–water partition coefficient (Wildman–Crippen LogP) is 3.40. The molecule has 0 aromatic heterocycles. The van der Waals surface area contributed by atoms with Crippen LogP contribution < -0.4 is 11.1 Å². The van der Waals surface area contributed by atoms with Crippen LogP contribution in [0.15, 0.2) is 22.7 Å². The molecule has 1 amide bonds. The minimum atomic E-state index is -0.814. The monoisotopic (exact) mass is 328 g/mol. The van der Waals surface area contributed by atoms with Gasteiger partial charge in [0, 0.05) is 10.2 Å². The maximum atomic E-state index is 12.2. The summed E-state index contributed by atoms with van der Waals surface area (Å²) in [6.45, 7) is 5.62. The Morgan fingerprint density at radius 2 is 2.11 bits per heavy atom. The molecule has 1 atom stereocenters. The smallest absolute Gasteiger partial charge is 0.237 e. The summed E-state index contributed by atoms with van der Waals surface area (Å²) in [5.41, 5.74) is 6.65. The first-order valence-corrected chi connectivity index (χ1v) is 6.88. The number of carbonyl (C=O) groups is 1. The Morgan fingerprint density at radius 1 is 1.50 bits per heavy atom. The van der Waals surface area contributed by atoms with E-state index in [9.17, 15) is 4.79 Å². The number of rotatable bonds is 4. The third-order valence-electron chi connectivity index (χ3n) is 3.05. The van der Waals surface area contributed by atoms with Crippen molar-refractivity contribution in [3.63, 3.8) is 0 Å². The van der Waals surface area contributed by atoms with Crippen molar-refractivity contribution >= 4 is 44.7 Å². The molecule has 1 unspecified atom stereocenters. The van der Waals surface area contributed by atoms with Gasteiger partial charge in [-0.1, -0.05) is 35.1 Å². The SMILES string of the molecule is CCC(C)(C(=O)Nc1cc(C)cc(Br)c1)C(N)=S. The number of nitrogens with two attached hydrogens (primary N) is 1. The zero-order chi connectivity index (χ0) is 13.9. The lowest BCUT2D eigenvalue weighted by Gasteiger charge is -2.25. The molecule has 0 aliphatic rings. The van der Waals surface area contributed by atoms with Gasteiger partial charge in [0.25, 0.3) is 0 Å². The van der Waals surface area contributed by atoms with Crippen LogP contribution >= 0.6 is 28.1 Å². The van der Waals surface area contributed by atoms with Crippen LogP contribution in [0.4, 0.5) is 5.69 Å². The molecule has 1 aromatic rings. The molecule has 1 rings (SSSR count). The van der Waals surface area contributed by atoms with E-state index in [0.717, 1.165) is 15.7 Å². The number of hydrogen-bond donors (Lipinski definition) is 2. The van der Waals surface area contributed by atoms with Gasteiger partial charge in [-0.3, -0.25) is 4.79 Å². The van der Waals surface area contributed by atoms with Crippen LogP contribution in [0.3, 0.4) is 0 Å². The lowest BCUT2D eigenvalue weighted by atomic mass is 9.86. The maximum absolute atomic E-state index is 12.2. The highest BCUT2D eigenvalue weighted by Gasteiger charge is 2.34. The Bertz CT molecular complexity index is 470. The molecule has 0 saturated heterocycles. The fourth-order valence-electron chi connectivity index (χ4n) is 1.52. The molecule has 0 aliphatic carbocycles. The van der Waals surface area contributed by atoms with Crippen LogP contribution in [0.2, 0.25) is 0 Å². The number of amides is 1. The second-order valence-corrected chi connectivity index (χ2v) is 5.88. The Labute approximate surface area is 121 Å². The number of thiocarbonyl (C=S) groups is 1. The number of hydrogen-bond acceptors (Lipinski definition) is 2. The summed E-state index contributed by atoms with van der Waals surface area (Å²) in [5.74, 6) is -0.171. The van der Waals surface area contributed by atoms with E-state index in [0.29, 0.717) is 6.42 Å². The normalized spacial score (nSPS) is 13.8. The molecule has 0 radical (unpaired) electrons. The number of nitrogens with one attached hydrogen (secondary N) is 1. The minimum absolute atomic E-state index is 0.171. The van der Waals surface area contributed by atoms with Gasteiger partial charge in [0.05, 0.1) is 10.4 Å². The van der Waals surface area contributed by atoms with E-state index in [2.05, 4.69) is 21.2 Å². The van der Waals surface area contributed by atoms with Crippen LogP contribution in [0.5, 0.6) is 0 Å². The van der Waals surface area contributed by atoms with Crippen molar-refractivity contribution in [2.45, 2.75) is 27.2 Å². The average molecular weight is 329 g/mol. The van der Waals surface area contributed by atoms with E-state index in [-0.39, 0.29) is 10.9 Å². The summed E-state index contributed by atoms with van der Waals surface area (Å²) >= 11 is 8.38. The molecule has 0 bridgehead atoms. The zero-order valence-corrected chi connectivity index (χ0v) is 13.1. The van der Waals surface area contributed by atoms with Crippen LogP contribution in [0.25, 0.3) is 0 Å². The first kappa shape index (κ1) is 15.1. The zero-order valence-electron chi connectivity index (χ0n) is 10.7. The summed E-state index contributed by atoms with van der Waals surface area (Å²) < 4.78 is 0.923. The number of aryl methyl sites for hydroxylation is 1. The van der Waals surface area contributed by atoms with Gasteiger partial charge in [0.2, 0.25) is 5.91 Å². The quantitative estimate of drug-likeness (QED) is 0.833. The fourth-order valence-corrected chi connectivity index (χ4v) is 2.37. The molecule has 0 spiro atoms. The average Bonchev–Trinajstić information content (AvgIpc) is 2.25. The molecule has 5 heteroatoms. The van der Waals surface area contributed by atoms with E-state index in [1.807, 2.05) is 32.0 Å². The van der Waals surface area contributed by atoms with Crippen molar-refractivity contribution in [2.75, 3.05) is 5.32 Å². The third kappa shape index (κ3) is 3.29. The van der Waals surface area contributed by atoms with Gasteiger partial charge < -0.3 is 11.1 Å². The Kier molecular flexibility index (Phi) is 4.87. The highest BCUT2D eigenvalue weighted by Crippen LogP contribution is 2.25. The molecule has 98 valence electrons. The van der Waals surface area contributed by atoms with E-state index >= 15 is 0 Å². The Balaban J connectivity index is 2.97. The van der Waals surface area contributed by atoms with Gasteiger partial charge >= 0.3 is 0 Å². The minimum Gasteiger partial charge on any atom is -0.392 e. The Morgan fingerprint density at radius 3 is 2.56 bits per heavy atom. The summed E-state index contributed by atoms with van der Waals surface area (Å²) in [5, 5.41) is 2.86. The molecule has 0 fully saturated rings. The van der Waals surface area contributed by atoms with E-state index in [1.165, 1.54) is 0 Å². The fraction of sp³-hybridized carbons (Fsp3) is 0.385. The van der Waals surface area contributed by atoms with Gasteiger partial charge in [0.15, 0.2) is 0 Å². The van der Waals surface area contributed by atoms with Crippen molar-refractivity contribution in [1.82, 2.24) is 0 Å². The lowest BCUT2D eigenvalue weighted by Crippen LogP contribution is -2.43. The third-order valence-corrected chi connectivity index (χ3v) is 3.96. The number of halogens is 1. The van der Waals surface area contributed by atoms with E-state index < -0.39 is 5.41 Å². The van der Waals surface area contributed by atoms with Gasteiger partial charge in [-0.15, -0.1) is 0 Å². The highest BCUT2D eigenvalue weighted by atomic mass is 79.9. The summed E-state index contributed by atoms with van der Waals surface area (Å²) in [6.07, 6.45) is 0.571. The molecular formula is C13H17BrN2OS.